The van der Waals surface area contributed by atoms with Gasteiger partial charge in [0.2, 0.25) is 5.95 Å². The van der Waals surface area contributed by atoms with Crippen LogP contribution in [0.2, 0.25) is 5.02 Å². The van der Waals surface area contributed by atoms with Crippen molar-refractivity contribution >= 4 is 23.5 Å². The van der Waals surface area contributed by atoms with E-state index in [2.05, 4.69) is 20.5 Å². The van der Waals surface area contributed by atoms with Crippen molar-refractivity contribution in [3.8, 4) is 17.2 Å². The number of nitrogens with two attached hydrogens (primary N) is 1. The second kappa shape index (κ2) is 7.68. The van der Waals surface area contributed by atoms with Crippen molar-refractivity contribution in [1.29, 1.82) is 5.26 Å². The third kappa shape index (κ3) is 3.99. The minimum absolute atomic E-state index is 0.181. The molecule has 26 heavy (non-hydrogen) atoms. The molecule has 2 aromatic carbocycles. The van der Waals surface area contributed by atoms with E-state index in [1.54, 1.807) is 36.4 Å². The maximum Gasteiger partial charge on any atom is 0.251 e. The number of hydrogen-bond acceptors (Lipinski definition) is 5. The molecule has 0 fully saturated rings. The Kier molecular flexibility index (Phi) is 5.15. The molecular weight excluding hydrogens is 352 g/mol. The summed E-state index contributed by atoms with van der Waals surface area (Å²) < 4.78 is 0. The van der Waals surface area contributed by atoms with Crippen LogP contribution >= 0.6 is 11.6 Å². The van der Waals surface area contributed by atoms with Crippen LogP contribution in [0.3, 0.4) is 0 Å². The van der Waals surface area contributed by atoms with Crippen LogP contribution in [-0.2, 0) is 6.42 Å². The van der Waals surface area contributed by atoms with Crippen LogP contribution in [0.5, 0.6) is 0 Å². The molecule has 130 valence electrons. The second-order valence-corrected chi connectivity index (χ2v) is 5.94. The van der Waals surface area contributed by atoms with E-state index in [4.69, 9.17) is 22.6 Å². The summed E-state index contributed by atoms with van der Waals surface area (Å²) in [6.45, 7) is 0.403. The Balaban J connectivity index is 1.69. The Hall–Kier alpha value is -3.37. The van der Waals surface area contributed by atoms with Gasteiger partial charge in [-0.15, -0.1) is 5.10 Å². The molecule has 1 heterocycles. The topological polar surface area (TPSA) is 120 Å². The molecule has 0 aliphatic carbocycles. The first kappa shape index (κ1) is 17.5. The average molecular weight is 367 g/mol. The molecule has 1 aromatic heterocycles. The predicted molar refractivity (Wildman–Crippen MR) is 98.4 cm³/mol. The number of nitrogen functional groups attached to an aromatic ring is 1. The van der Waals surface area contributed by atoms with Crippen LogP contribution in [0.4, 0.5) is 5.95 Å². The van der Waals surface area contributed by atoms with Gasteiger partial charge in [-0.1, -0.05) is 29.8 Å². The van der Waals surface area contributed by atoms with Crippen LogP contribution in [-0.4, -0.2) is 27.6 Å². The van der Waals surface area contributed by atoms with Gasteiger partial charge < -0.3 is 11.1 Å². The second-order valence-electron chi connectivity index (χ2n) is 5.53. The monoisotopic (exact) mass is 366 g/mol. The molecule has 4 N–H and O–H groups in total. The van der Waals surface area contributed by atoms with Crippen molar-refractivity contribution in [2.75, 3.05) is 12.3 Å². The van der Waals surface area contributed by atoms with E-state index < -0.39 is 0 Å². The standard InChI is InChI=1S/C18H15ClN6O/c19-15-9-12(4-5-14(15)10-20)11-2-1-3-13(8-11)17(26)22-7-6-16-23-18(21)25-24-16/h1-5,8-9H,6-7H2,(H,22,26)(H3,21,23,24,25). The molecule has 8 heteroatoms. The summed E-state index contributed by atoms with van der Waals surface area (Å²) in [5.41, 5.74) is 8.05. The first-order valence-electron chi connectivity index (χ1n) is 7.82. The van der Waals surface area contributed by atoms with Gasteiger partial charge in [-0.05, 0) is 35.4 Å². The van der Waals surface area contributed by atoms with Gasteiger partial charge in [-0.25, -0.2) is 0 Å². The SMILES string of the molecule is N#Cc1ccc(-c2cccc(C(=O)NCCc3nc(N)n[nH]3)c2)cc1Cl. The van der Waals surface area contributed by atoms with Crippen LogP contribution < -0.4 is 11.1 Å². The number of amides is 1. The summed E-state index contributed by atoms with van der Waals surface area (Å²) in [6, 6.07) is 14.4. The zero-order chi connectivity index (χ0) is 18.5. The zero-order valence-electron chi connectivity index (χ0n) is 13.7. The minimum atomic E-state index is -0.195. The summed E-state index contributed by atoms with van der Waals surface area (Å²) in [6.07, 6.45) is 0.501. The third-order valence-corrected chi connectivity index (χ3v) is 4.06. The average Bonchev–Trinajstić information content (AvgIpc) is 3.07. The Morgan fingerprint density at radius 2 is 2.08 bits per heavy atom. The van der Waals surface area contributed by atoms with Crippen LogP contribution in [0, 0.1) is 11.3 Å². The lowest BCUT2D eigenvalue weighted by Gasteiger charge is -2.07. The van der Waals surface area contributed by atoms with E-state index in [-0.39, 0.29) is 11.9 Å². The van der Waals surface area contributed by atoms with Crippen molar-refractivity contribution in [1.82, 2.24) is 20.5 Å². The summed E-state index contributed by atoms with van der Waals surface area (Å²) in [4.78, 5) is 16.3. The fourth-order valence-electron chi connectivity index (χ4n) is 2.44. The zero-order valence-corrected chi connectivity index (χ0v) is 14.4. The van der Waals surface area contributed by atoms with Gasteiger partial charge in [0.05, 0.1) is 10.6 Å². The number of hydrogen-bond donors (Lipinski definition) is 3. The van der Waals surface area contributed by atoms with E-state index >= 15 is 0 Å². The van der Waals surface area contributed by atoms with Crippen molar-refractivity contribution < 1.29 is 4.79 Å². The summed E-state index contributed by atoms with van der Waals surface area (Å²) in [7, 11) is 0. The highest BCUT2D eigenvalue weighted by molar-refractivity contribution is 6.32. The quantitative estimate of drug-likeness (QED) is 0.640. The minimum Gasteiger partial charge on any atom is -0.367 e. The van der Waals surface area contributed by atoms with Gasteiger partial charge in [-0.3, -0.25) is 9.89 Å². The molecule has 0 bridgehead atoms. The number of carbonyl (C=O) groups excluding carboxylic acids is 1. The molecule has 0 saturated heterocycles. The van der Waals surface area contributed by atoms with Crippen LogP contribution in [0.1, 0.15) is 21.7 Å². The number of anilines is 1. The van der Waals surface area contributed by atoms with Crippen molar-refractivity contribution in [2.45, 2.75) is 6.42 Å². The number of aromatic nitrogens is 3. The van der Waals surface area contributed by atoms with Gasteiger partial charge >= 0.3 is 0 Å². The Morgan fingerprint density at radius 3 is 2.77 bits per heavy atom. The van der Waals surface area contributed by atoms with Gasteiger partial charge in [-0.2, -0.15) is 10.2 Å². The fourth-order valence-corrected chi connectivity index (χ4v) is 2.67. The molecule has 0 radical (unpaired) electrons. The number of nitrogens with zero attached hydrogens (tertiary/aromatic N) is 3. The highest BCUT2D eigenvalue weighted by Crippen LogP contribution is 2.26. The highest BCUT2D eigenvalue weighted by Gasteiger charge is 2.09. The number of aromatic amines is 1. The van der Waals surface area contributed by atoms with E-state index in [9.17, 15) is 4.79 Å². The number of halogens is 1. The molecule has 0 aliphatic rings. The smallest absolute Gasteiger partial charge is 0.251 e. The molecule has 0 aliphatic heterocycles. The summed E-state index contributed by atoms with van der Waals surface area (Å²) >= 11 is 6.09. The van der Waals surface area contributed by atoms with E-state index in [0.29, 0.717) is 34.9 Å². The van der Waals surface area contributed by atoms with Gasteiger partial charge in [0.1, 0.15) is 11.9 Å². The van der Waals surface area contributed by atoms with Crippen molar-refractivity contribution in [3.63, 3.8) is 0 Å². The van der Waals surface area contributed by atoms with E-state index in [0.717, 1.165) is 11.1 Å². The van der Waals surface area contributed by atoms with Gasteiger partial charge in [0.25, 0.3) is 5.91 Å². The van der Waals surface area contributed by atoms with Crippen LogP contribution in [0.25, 0.3) is 11.1 Å². The first-order valence-corrected chi connectivity index (χ1v) is 8.19. The molecule has 1 amide bonds. The maximum atomic E-state index is 12.3. The number of carbonyl (C=O) groups is 1. The van der Waals surface area contributed by atoms with Crippen molar-refractivity contribution in [3.05, 3.63) is 64.4 Å². The number of benzene rings is 2. The predicted octanol–water partition coefficient (Wildman–Crippen LogP) is 2.55. The van der Waals surface area contributed by atoms with E-state index in [1.165, 1.54) is 0 Å². The molecule has 3 aromatic rings. The number of H-pyrrole nitrogens is 1. The molecule has 3 rings (SSSR count). The largest absolute Gasteiger partial charge is 0.367 e. The molecule has 0 spiro atoms. The number of rotatable bonds is 5. The molecular formula is C18H15ClN6O. The molecule has 0 unspecified atom stereocenters. The Labute approximate surface area is 154 Å². The molecule has 7 nitrogen and oxygen atoms in total. The Morgan fingerprint density at radius 1 is 1.27 bits per heavy atom. The van der Waals surface area contributed by atoms with Crippen molar-refractivity contribution in [2.24, 2.45) is 0 Å². The number of nitrogens with one attached hydrogen (secondary N) is 2. The maximum absolute atomic E-state index is 12.3. The van der Waals surface area contributed by atoms with E-state index in [1.807, 2.05) is 12.1 Å². The summed E-state index contributed by atoms with van der Waals surface area (Å²) in [5, 5.41) is 18.6. The summed E-state index contributed by atoms with van der Waals surface area (Å²) in [5.74, 6) is 0.600. The number of nitriles is 1. The lowest BCUT2D eigenvalue weighted by molar-refractivity contribution is 0.0954. The van der Waals surface area contributed by atoms with Gasteiger partial charge in [0.15, 0.2) is 0 Å². The molecule has 0 atom stereocenters. The van der Waals surface area contributed by atoms with Gasteiger partial charge in [0, 0.05) is 18.5 Å². The highest BCUT2D eigenvalue weighted by atomic mass is 35.5. The lowest BCUT2D eigenvalue weighted by Crippen LogP contribution is -2.25. The Bertz CT molecular complexity index is 991. The lowest BCUT2D eigenvalue weighted by atomic mass is 10.0. The van der Waals surface area contributed by atoms with Crippen LogP contribution in [0.15, 0.2) is 42.5 Å². The third-order valence-electron chi connectivity index (χ3n) is 3.74. The fraction of sp³-hybridized carbons (Fsp3) is 0.111. The normalized spacial score (nSPS) is 10.3. The molecule has 0 saturated carbocycles. The first-order chi connectivity index (χ1) is 12.6.